The fourth-order valence-electron chi connectivity index (χ4n) is 2.47. The third-order valence-electron chi connectivity index (χ3n) is 3.45. The minimum atomic E-state index is -0.216. The number of carbonyl (C=O) groups excluding carboxylic acids is 1. The molecule has 1 aliphatic rings. The van der Waals surface area contributed by atoms with Crippen LogP contribution in [0.4, 0.5) is 0 Å². The smallest absolute Gasteiger partial charge is 0.270 e. The van der Waals surface area contributed by atoms with E-state index in [1.807, 2.05) is 13.0 Å². The van der Waals surface area contributed by atoms with Crippen LogP contribution in [0.5, 0.6) is 0 Å². The van der Waals surface area contributed by atoms with Crippen LogP contribution in [-0.2, 0) is 0 Å². The van der Waals surface area contributed by atoms with Crippen molar-refractivity contribution in [3.63, 3.8) is 0 Å². The van der Waals surface area contributed by atoms with Crippen LogP contribution >= 0.6 is 0 Å². The molecule has 1 heterocycles. The number of carbonyl (C=O) groups is 1. The van der Waals surface area contributed by atoms with Crippen LogP contribution in [0, 0.1) is 12.8 Å². The summed E-state index contributed by atoms with van der Waals surface area (Å²) in [6.07, 6.45) is 2.60. The van der Waals surface area contributed by atoms with E-state index in [1.165, 1.54) is 0 Å². The molecule has 0 aliphatic heterocycles. The number of aromatic nitrogens is 1. The lowest BCUT2D eigenvalue weighted by Crippen LogP contribution is -2.42. The minimum Gasteiger partial charge on any atom is -0.409 e. The molecule has 0 bridgehead atoms. The van der Waals surface area contributed by atoms with E-state index in [9.17, 15) is 4.79 Å². The highest BCUT2D eigenvalue weighted by Crippen LogP contribution is 2.26. The summed E-state index contributed by atoms with van der Waals surface area (Å²) >= 11 is 0. The van der Waals surface area contributed by atoms with Gasteiger partial charge in [-0.15, -0.1) is 0 Å². The predicted molar refractivity (Wildman–Crippen MR) is 71.0 cm³/mol. The number of nitrogens with zero attached hydrogens (tertiary/aromatic N) is 2. The molecule has 6 nitrogen and oxygen atoms in total. The fraction of sp³-hybridized carbons (Fsp3) is 0.462. The molecule has 19 heavy (non-hydrogen) atoms. The Bertz CT molecular complexity index is 501. The van der Waals surface area contributed by atoms with E-state index in [2.05, 4.69) is 15.5 Å². The second kappa shape index (κ2) is 5.69. The Balaban J connectivity index is 2.06. The van der Waals surface area contributed by atoms with Crippen LogP contribution in [0.2, 0.25) is 0 Å². The van der Waals surface area contributed by atoms with E-state index >= 15 is 0 Å². The molecule has 0 aromatic carbocycles. The average Bonchev–Trinajstić information content (AvgIpc) is 2.86. The third kappa shape index (κ3) is 3.01. The van der Waals surface area contributed by atoms with Gasteiger partial charge in [0.25, 0.3) is 5.91 Å². The van der Waals surface area contributed by atoms with Gasteiger partial charge in [0.1, 0.15) is 11.5 Å². The van der Waals surface area contributed by atoms with Gasteiger partial charge in [-0.2, -0.15) is 0 Å². The first-order chi connectivity index (χ1) is 9.11. The van der Waals surface area contributed by atoms with Gasteiger partial charge in [-0.05, 0) is 31.9 Å². The van der Waals surface area contributed by atoms with Crippen LogP contribution in [0.1, 0.15) is 35.4 Å². The van der Waals surface area contributed by atoms with Gasteiger partial charge in [-0.3, -0.25) is 4.79 Å². The molecular formula is C13H18N4O2. The summed E-state index contributed by atoms with van der Waals surface area (Å²) in [5.74, 6) is -0.134. The Morgan fingerprint density at radius 3 is 3.00 bits per heavy atom. The van der Waals surface area contributed by atoms with Gasteiger partial charge in [0, 0.05) is 17.7 Å². The summed E-state index contributed by atoms with van der Waals surface area (Å²) in [5.41, 5.74) is 6.83. The van der Waals surface area contributed by atoms with Crippen LogP contribution in [0.15, 0.2) is 23.4 Å². The van der Waals surface area contributed by atoms with Gasteiger partial charge in [-0.1, -0.05) is 17.6 Å². The lowest BCUT2D eigenvalue weighted by Gasteiger charge is -2.19. The third-order valence-corrected chi connectivity index (χ3v) is 3.45. The summed E-state index contributed by atoms with van der Waals surface area (Å²) in [7, 11) is 0. The first-order valence-corrected chi connectivity index (χ1v) is 6.33. The summed E-state index contributed by atoms with van der Waals surface area (Å²) in [5, 5.41) is 14.7. The number of rotatable bonds is 3. The van der Waals surface area contributed by atoms with Crippen LogP contribution in [0.25, 0.3) is 0 Å². The predicted octanol–water partition coefficient (Wildman–Crippen LogP) is 1.03. The molecule has 2 rings (SSSR count). The Morgan fingerprint density at radius 1 is 1.53 bits per heavy atom. The van der Waals surface area contributed by atoms with Gasteiger partial charge >= 0.3 is 0 Å². The number of amides is 1. The van der Waals surface area contributed by atoms with Gasteiger partial charge in [0.2, 0.25) is 0 Å². The number of nitrogens with two attached hydrogens (primary N) is 1. The quantitative estimate of drug-likeness (QED) is 0.328. The minimum absolute atomic E-state index is 0.0919. The number of nitrogens with one attached hydrogen (secondary N) is 1. The lowest BCUT2D eigenvalue weighted by atomic mass is 10.0. The van der Waals surface area contributed by atoms with Gasteiger partial charge in [-0.25, -0.2) is 4.98 Å². The second-order valence-electron chi connectivity index (χ2n) is 4.81. The van der Waals surface area contributed by atoms with Gasteiger partial charge < -0.3 is 16.3 Å². The average molecular weight is 262 g/mol. The Kier molecular flexibility index (Phi) is 3.99. The molecule has 0 spiro atoms. The van der Waals surface area contributed by atoms with Crippen molar-refractivity contribution in [1.29, 1.82) is 0 Å². The highest BCUT2D eigenvalue weighted by atomic mass is 16.4. The molecule has 1 fully saturated rings. The SMILES string of the molecule is Cc1cccc(C(=O)NC2CCCC2C(N)=NO)n1. The number of pyridine rings is 1. The maximum absolute atomic E-state index is 12.1. The highest BCUT2D eigenvalue weighted by molar-refractivity contribution is 5.93. The molecule has 2 atom stereocenters. The summed E-state index contributed by atoms with van der Waals surface area (Å²) in [4.78, 5) is 16.3. The van der Waals surface area contributed by atoms with Crippen molar-refractivity contribution in [2.45, 2.75) is 32.2 Å². The molecule has 4 N–H and O–H groups in total. The van der Waals surface area contributed by atoms with Crippen molar-refractivity contribution in [2.75, 3.05) is 0 Å². The fourth-order valence-corrected chi connectivity index (χ4v) is 2.47. The van der Waals surface area contributed by atoms with Crippen molar-refractivity contribution in [2.24, 2.45) is 16.8 Å². The van der Waals surface area contributed by atoms with E-state index in [0.717, 1.165) is 25.0 Å². The Labute approximate surface area is 111 Å². The van der Waals surface area contributed by atoms with E-state index in [1.54, 1.807) is 12.1 Å². The van der Waals surface area contributed by atoms with Crippen LogP contribution in [-0.4, -0.2) is 28.0 Å². The molecule has 0 saturated heterocycles. The first-order valence-electron chi connectivity index (χ1n) is 6.33. The van der Waals surface area contributed by atoms with Gasteiger partial charge in [0.05, 0.1) is 0 Å². The zero-order valence-corrected chi connectivity index (χ0v) is 10.8. The first kappa shape index (κ1) is 13.3. The van der Waals surface area contributed by atoms with E-state index < -0.39 is 0 Å². The number of amidine groups is 1. The van der Waals surface area contributed by atoms with Crippen molar-refractivity contribution >= 4 is 11.7 Å². The molecule has 1 aliphatic carbocycles. The summed E-state index contributed by atoms with van der Waals surface area (Å²) < 4.78 is 0. The van der Waals surface area contributed by atoms with Crippen molar-refractivity contribution in [1.82, 2.24) is 10.3 Å². The largest absolute Gasteiger partial charge is 0.409 e. The zero-order chi connectivity index (χ0) is 13.8. The van der Waals surface area contributed by atoms with Crippen molar-refractivity contribution in [3.8, 4) is 0 Å². The molecule has 2 unspecified atom stereocenters. The Morgan fingerprint density at radius 2 is 2.32 bits per heavy atom. The summed E-state index contributed by atoms with van der Waals surface area (Å²) in [6.45, 7) is 1.84. The molecule has 102 valence electrons. The number of oxime groups is 1. The summed E-state index contributed by atoms with van der Waals surface area (Å²) in [6, 6.07) is 5.22. The molecule has 1 aromatic heterocycles. The number of aryl methyl sites for hydroxylation is 1. The van der Waals surface area contributed by atoms with Crippen LogP contribution < -0.4 is 11.1 Å². The van der Waals surface area contributed by atoms with E-state index in [4.69, 9.17) is 10.9 Å². The van der Waals surface area contributed by atoms with Crippen molar-refractivity contribution < 1.29 is 10.0 Å². The van der Waals surface area contributed by atoms with E-state index in [-0.39, 0.29) is 23.7 Å². The molecule has 1 amide bonds. The monoisotopic (exact) mass is 262 g/mol. The second-order valence-corrected chi connectivity index (χ2v) is 4.81. The number of hydrogen-bond acceptors (Lipinski definition) is 4. The van der Waals surface area contributed by atoms with E-state index in [0.29, 0.717) is 5.69 Å². The van der Waals surface area contributed by atoms with Crippen molar-refractivity contribution in [3.05, 3.63) is 29.6 Å². The maximum atomic E-state index is 12.1. The molecule has 6 heteroatoms. The maximum Gasteiger partial charge on any atom is 0.270 e. The topological polar surface area (TPSA) is 101 Å². The zero-order valence-electron chi connectivity index (χ0n) is 10.8. The molecular weight excluding hydrogens is 244 g/mol. The normalized spacial score (nSPS) is 23.3. The number of hydrogen-bond donors (Lipinski definition) is 3. The Hall–Kier alpha value is -2.11. The molecule has 1 saturated carbocycles. The standard InChI is InChI=1S/C13H18N4O2/c1-8-4-2-7-11(15-8)13(18)16-10-6-3-5-9(10)12(14)17-19/h2,4,7,9-10,19H,3,5-6H2,1H3,(H2,14,17)(H,16,18). The van der Waals surface area contributed by atoms with Crippen LogP contribution in [0.3, 0.4) is 0 Å². The lowest BCUT2D eigenvalue weighted by molar-refractivity contribution is 0.0928. The molecule has 0 radical (unpaired) electrons. The van der Waals surface area contributed by atoms with Gasteiger partial charge in [0.15, 0.2) is 0 Å². The highest BCUT2D eigenvalue weighted by Gasteiger charge is 2.32. The molecule has 1 aromatic rings.